The molecule has 0 spiro atoms. The molecule has 0 fully saturated rings. The first-order valence-corrected chi connectivity index (χ1v) is 5.35. The van der Waals surface area contributed by atoms with Crippen molar-refractivity contribution in [3.05, 3.63) is 40.6 Å². The molecule has 0 amide bonds. The predicted molar refractivity (Wildman–Crippen MR) is 58.6 cm³/mol. The molecule has 1 aromatic heterocycles. The van der Waals surface area contributed by atoms with Gasteiger partial charge in [-0.05, 0) is 24.3 Å². The van der Waals surface area contributed by atoms with E-state index in [4.69, 9.17) is 11.6 Å². The first kappa shape index (κ1) is 9.68. The Hall–Kier alpha value is -0.870. The lowest BCUT2D eigenvalue weighted by Crippen LogP contribution is -1.93. The van der Waals surface area contributed by atoms with Crippen LogP contribution >= 0.6 is 27.5 Å². The average Bonchev–Trinajstić information content (AvgIpc) is 2.67. The molecule has 0 N–H and O–H groups in total. The smallest absolute Gasteiger partial charge is 0.0979 e. The van der Waals surface area contributed by atoms with Crippen molar-refractivity contribution in [3.8, 4) is 5.69 Å². The highest BCUT2D eigenvalue weighted by molar-refractivity contribution is 9.10. The standard InChI is InChI=1S/C9H7BrClN3/c10-7-1-3-9(4-2-7)14-6-8(5-11)12-13-14/h1-4,6H,5H2. The first-order valence-electron chi connectivity index (χ1n) is 4.03. The monoisotopic (exact) mass is 271 g/mol. The van der Waals surface area contributed by atoms with Crippen LogP contribution in [0.2, 0.25) is 0 Å². The predicted octanol–water partition coefficient (Wildman–Crippen LogP) is 2.77. The Morgan fingerprint density at radius 2 is 2.00 bits per heavy atom. The molecule has 14 heavy (non-hydrogen) atoms. The van der Waals surface area contributed by atoms with Crippen molar-refractivity contribution in [2.24, 2.45) is 0 Å². The topological polar surface area (TPSA) is 30.7 Å². The van der Waals surface area contributed by atoms with Gasteiger partial charge >= 0.3 is 0 Å². The highest BCUT2D eigenvalue weighted by atomic mass is 79.9. The van der Waals surface area contributed by atoms with Gasteiger partial charge in [0.1, 0.15) is 0 Å². The normalized spacial score (nSPS) is 10.4. The van der Waals surface area contributed by atoms with Crippen LogP contribution in [0, 0.1) is 0 Å². The van der Waals surface area contributed by atoms with Crippen LogP contribution in [0.4, 0.5) is 0 Å². The van der Waals surface area contributed by atoms with Crippen LogP contribution in [0.15, 0.2) is 34.9 Å². The molecular weight excluding hydrogens is 265 g/mol. The van der Waals surface area contributed by atoms with E-state index in [0.717, 1.165) is 15.9 Å². The summed E-state index contributed by atoms with van der Waals surface area (Å²) in [5.41, 5.74) is 1.74. The first-order chi connectivity index (χ1) is 6.79. The van der Waals surface area contributed by atoms with Crippen LogP contribution in [0.5, 0.6) is 0 Å². The molecule has 0 aliphatic rings. The number of halogens is 2. The van der Waals surface area contributed by atoms with Crippen molar-refractivity contribution < 1.29 is 0 Å². The average molecular weight is 273 g/mol. The molecule has 3 nitrogen and oxygen atoms in total. The molecule has 0 aliphatic heterocycles. The quantitative estimate of drug-likeness (QED) is 0.787. The highest BCUT2D eigenvalue weighted by Crippen LogP contribution is 2.13. The van der Waals surface area contributed by atoms with Crippen LogP contribution in [-0.2, 0) is 5.88 Å². The van der Waals surface area contributed by atoms with E-state index in [2.05, 4.69) is 26.2 Å². The van der Waals surface area contributed by atoms with Crippen molar-refractivity contribution >= 4 is 27.5 Å². The molecule has 0 unspecified atom stereocenters. The summed E-state index contributed by atoms with van der Waals surface area (Å²) in [6.45, 7) is 0. The molecule has 0 bridgehead atoms. The van der Waals surface area contributed by atoms with Gasteiger partial charge in [0.05, 0.1) is 23.5 Å². The molecule has 0 saturated carbocycles. The lowest BCUT2D eigenvalue weighted by Gasteiger charge is -1.98. The lowest BCUT2D eigenvalue weighted by atomic mass is 10.3. The second kappa shape index (κ2) is 4.11. The summed E-state index contributed by atoms with van der Waals surface area (Å²) in [6.07, 6.45) is 1.82. The van der Waals surface area contributed by atoms with E-state index in [1.807, 2.05) is 30.5 Å². The fraction of sp³-hybridized carbons (Fsp3) is 0.111. The SMILES string of the molecule is ClCc1cn(-c2ccc(Br)cc2)nn1. The van der Waals surface area contributed by atoms with Gasteiger partial charge in [-0.1, -0.05) is 21.1 Å². The van der Waals surface area contributed by atoms with Crippen molar-refractivity contribution in [3.63, 3.8) is 0 Å². The third-order valence-corrected chi connectivity index (χ3v) is 2.57. The molecule has 0 atom stereocenters. The highest BCUT2D eigenvalue weighted by Gasteiger charge is 2.00. The maximum Gasteiger partial charge on any atom is 0.0979 e. The Bertz CT molecular complexity index is 424. The minimum atomic E-state index is 0.385. The van der Waals surface area contributed by atoms with Gasteiger partial charge in [0, 0.05) is 4.47 Å². The molecule has 0 radical (unpaired) electrons. The van der Waals surface area contributed by atoms with Crippen LogP contribution < -0.4 is 0 Å². The summed E-state index contributed by atoms with van der Waals surface area (Å²) in [5.74, 6) is 0.385. The Kier molecular flexibility index (Phi) is 2.84. The van der Waals surface area contributed by atoms with Crippen molar-refractivity contribution in [2.75, 3.05) is 0 Å². The summed E-state index contributed by atoms with van der Waals surface area (Å²) < 4.78 is 2.74. The molecular formula is C9H7BrClN3. The lowest BCUT2D eigenvalue weighted by molar-refractivity contribution is 0.800. The molecule has 2 aromatic rings. The van der Waals surface area contributed by atoms with E-state index >= 15 is 0 Å². The largest absolute Gasteiger partial charge is 0.220 e. The number of benzene rings is 1. The molecule has 0 saturated heterocycles. The summed E-state index contributed by atoms with van der Waals surface area (Å²) in [5, 5.41) is 7.86. The minimum Gasteiger partial charge on any atom is -0.220 e. The Morgan fingerprint density at radius 1 is 1.29 bits per heavy atom. The number of rotatable bonds is 2. The number of nitrogens with zero attached hydrogens (tertiary/aromatic N) is 3. The third kappa shape index (κ3) is 1.96. The van der Waals surface area contributed by atoms with E-state index in [1.165, 1.54) is 0 Å². The summed E-state index contributed by atoms with van der Waals surface area (Å²) in [7, 11) is 0. The van der Waals surface area contributed by atoms with Gasteiger partial charge in [-0.2, -0.15) is 0 Å². The summed E-state index contributed by atoms with van der Waals surface area (Å²) >= 11 is 9.00. The zero-order valence-electron chi connectivity index (χ0n) is 7.19. The maximum atomic E-state index is 5.63. The maximum absolute atomic E-state index is 5.63. The van der Waals surface area contributed by atoms with Crippen molar-refractivity contribution in [2.45, 2.75) is 5.88 Å². The molecule has 2 rings (SSSR count). The molecule has 5 heteroatoms. The van der Waals surface area contributed by atoms with Gasteiger partial charge in [0.15, 0.2) is 0 Å². The van der Waals surface area contributed by atoms with Crippen molar-refractivity contribution in [1.82, 2.24) is 15.0 Å². The van der Waals surface area contributed by atoms with Gasteiger partial charge in [-0.3, -0.25) is 0 Å². The zero-order valence-corrected chi connectivity index (χ0v) is 9.53. The molecule has 1 aromatic carbocycles. The van der Waals surface area contributed by atoms with Crippen LogP contribution in [0.3, 0.4) is 0 Å². The summed E-state index contributed by atoms with van der Waals surface area (Å²) in [4.78, 5) is 0. The van der Waals surface area contributed by atoms with Gasteiger partial charge in [-0.15, -0.1) is 16.7 Å². The van der Waals surface area contributed by atoms with Crippen molar-refractivity contribution in [1.29, 1.82) is 0 Å². The van der Waals surface area contributed by atoms with E-state index in [9.17, 15) is 0 Å². The van der Waals surface area contributed by atoms with Gasteiger partial charge in [0.25, 0.3) is 0 Å². The van der Waals surface area contributed by atoms with Gasteiger partial charge in [0.2, 0.25) is 0 Å². The molecule has 0 aliphatic carbocycles. The van der Waals surface area contributed by atoms with Gasteiger partial charge < -0.3 is 0 Å². The van der Waals surface area contributed by atoms with E-state index in [0.29, 0.717) is 5.88 Å². The summed E-state index contributed by atoms with van der Waals surface area (Å²) in [6, 6.07) is 7.82. The van der Waals surface area contributed by atoms with E-state index in [1.54, 1.807) is 4.68 Å². The third-order valence-electron chi connectivity index (χ3n) is 1.77. The zero-order chi connectivity index (χ0) is 9.97. The number of aromatic nitrogens is 3. The van der Waals surface area contributed by atoms with Crippen LogP contribution in [0.25, 0.3) is 5.69 Å². The van der Waals surface area contributed by atoms with Crippen LogP contribution in [0.1, 0.15) is 5.69 Å². The number of hydrogen-bond donors (Lipinski definition) is 0. The van der Waals surface area contributed by atoms with Gasteiger partial charge in [-0.25, -0.2) is 4.68 Å². The Balaban J connectivity index is 2.34. The Morgan fingerprint density at radius 3 is 2.57 bits per heavy atom. The fourth-order valence-electron chi connectivity index (χ4n) is 1.08. The molecule has 1 heterocycles. The second-order valence-electron chi connectivity index (χ2n) is 2.76. The fourth-order valence-corrected chi connectivity index (χ4v) is 1.47. The number of alkyl halides is 1. The van der Waals surface area contributed by atoms with E-state index < -0.39 is 0 Å². The number of hydrogen-bond acceptors (Lipinski definition) is 2. The minimum absolute atomic E-state index is 0.385. The second-order valence-corrected chi connectivity index (χ2v) is 3.95. The molecule has 72 valence electrons. The van der Waals surface area contributed by atoms with Crippen LogP contribution in [-0.4, -0.2) is 15.0 Å². The Labute approximate surface area is 94.8 Å². The van der Waals surface area contributed by atoms with E-state index in [-0.39, 0.29) is 0 Å².